The highest BCUT2D eigenvalue weighted by atomic mass is 127. The molecule has 0 aliphatic rings. The lowest BCUT2D eigenvalue weighted by atomic mass is 10.6. The largest absolute Gasteiger partial charge is 0.469 e. The second kappa shape index (κ2) is 3.55. The summed E-state index contributed by atoms with van der Waals surface area (Å²) >= 11 is 2.13. The molecule has 48 valence electrons. The predicted octanol–water partition coefficient (Wildman–Crippen LogP) is 2.60. The molecule has 0 amide bonds. The van der Waals surface area contributed by atoms with Crippen LogP contribution in [0, 0.1) is 3.57 Å². The maximum Gasteiger partial charge on any atom is 0.125 e. The van der Waals surface area contributed by atoms with E-state index in [0.717, 1.165) is 3.57 Å². The quantitative estimate of drug-likeness (QED) is 0.647. The van der Waals surface area contributed by atoms with E-state index in [2.05, 4.69) is 22.6 Å². The number of rotatable bonds is 0. The normalized spacial score (nSPS) is 8.56. The molecule has 0 fully saturated rings. The van der Waals surface area contributed by atoms with Gasteiger partial charge in [-0.15, -0.1) is 0 Å². The van der Waals surface area contributed by atoms with Gasteiger partial charge in [0.2, 0.25) is 0 Å². The van der Waals surface area contributed by atoms with Gasteiger partial charge in [-0.2, -0.15) is 0 Å². The molecule has 1 heterocycles. The molecule has 0 bridgehead atoms. The Balaban J connectivity index is 3.08. The molecule has 9 heavy (non-hydrogen) atoms. The van der Waals surface area contributed by atoms with Crippen LogP contribution in [-0.4, -0.2) is 0 Å². The van der Waals surface area contributed by atoms with E-state index in [9.17, 15) is 0 Å². The van der Waals surface area contributed by atoms with Gasteiger partial charge in [-0.1, -0.05) is 0 Å². The average Bonchev–Trinajstić information content (AvgIpc) is 1.79. The van der Waals surface area contributed by atoms with Crippen LogP contribution in [0.15, 0.2) is 40.0 Å². The molecule has 0 radical (unpaired) electrons. The van der Waals surface area contributed by atoms with Gasteiger partial charge in [0.05, 0.1) is 9.83 Å². The fraction of sp³-hybridized carbons (Fsp3) is 0. The monoisotopic (exact) mass is 236 g/mol. The zero-order chi connectivity index (χ0) is 6.53. The molecule has 0 saturated heterocycles. The zero-order valence-electron chi connectivity index (χ0n) is 4.58. The summed E-state index contributed by atoms with van der Waals surface area (Å²) in [4.78, 5) is 0. The first-order chi connectivity index (χ1) is 4.39. The Morgan fingerprint density at radius 1 is 1.11 bits per heavy atom. The topological polar surface area (TPSA) is 26.3 Å². The van der Waals surface area contributed by atoms with Crippen LogP contribution < -0.4 is 0 Å². The van der Waals surface area contributed by atoms with Gasteiger partial charge in [0.1, 0.15) is 18.8 Å². The standard InChI is InChI=1S/C6H5IO2/c7-6-1-2-8-3-4-9-5-6/h1-5H. The van der Waals surface area contributed by atoms with E-state index in [1.807, 2.05) is 6.07 Å². The summed E-state index contributed by atoms with van der Waals surface area (Å²) in [5, 5.41) is 0. The third kappa shape index (κ3) is 2.55. The highest BCUT2D eigenvalue weighted by molar-refractivity contribution is 14.1. The summed E-state index contributed by atoms with van der Waals surface area (Å²) in [6.45, 7) is 0. The minimum Gasteiger partial charge on any atom is -0.469 e. The third-order valence-electron chi connectivity index (χ3n) is 0.699. The van der Waals surface area contributed by atoms with Crippen molar-refractivity contribution in [1.82, 2.24) is 0 Å². The van der Waals surface area contributed by atoms with Crippen LogP contribution in [0.2, 0.25) is 0 Å². The summed E-state index contributed by atoms with van der Waals surface area (Å²) < 4.78 is 10.7. The van der Waals surface area contributed by atoms with Gasteiger partial charge >= 0.3 is 0 Å². The lowest BCUT2D eigenvalue weighted by molar-refractivity contribution is 0.488. The molecule has 2 nitrogen and oxygen atoms in total. The van der Waals surface area contributed by atoms with Gasteiger partial charge in [-0.05, 0) is 28.7 Å². The molecule has 1 rings (SSSR count). The van der Waals surface area contributed by atoms with Crippen molar-refractivity contribution in [2.45, 2.75) is 0 Å². The zero-order valence-corrected chi connectivity index (χ0v) is 6.74. The van der Waals surface area contributed by atoms with Gasteiger partial charge in [-0.25, -0.2) is 0 Å². The van der Waals surface area contributed by atoms with Crippen molar-refractivity contribution in [1.29, 1.82) is 0 Å². The van der Waals surface area contributed by atoms with Crippen LogP contribution in [0.3, 0.4) is 0 Å². The Kier molecular flexibility index (Phi) is 2.63. The molecular weight excluding hydrogens is 231 g/mol. The fourth-order valence-electron chi connectivity index (χ4n) is 0.357. The predicted molar refractivity (Wildman–Crippen MR) is 41.3 cm³/mol. The van der Waals surface area contributed by atoms with Crippen molar-refractivity contribution in [2.75, 3.05) is 0 Å². The van der Waals surface area contributed by atoms with Gasteiger partial charge in [0.15, 0.2) is 0 Å². The number of halogens is 1. The summed E-state index contributed by atoms with van der Waals surface area (Å²) in [6, 6.07) is 1.81. The number of hydrogen-bond donors (Lipinski definition) is 0. The van der Waals surface area contributed by atoms with E-state index in [0.29, 0.717) is 0 Å². The highest BCUT2D eigenvalue weighted by Crippen LogP contribution is 1.98. The maximum absolute atomic E-state index is 4.86. The molecule has 0 aliphatic carbocycles. The lowest BCUT2D eigenvalue weighted by Gasteiger charge is -1.80. The van der Waals surface area contributed by atoms with E-state index in [1.54, 1.807) is 12.5 Å². The van der Waals surface area contributed by atoms with Crippen molar-refractivity contribution in [3.8, 4) is 0 Å². The first-order valence-electron chi connectivity index (χ1n) is 2.38. The first-order valence-corrected chi connectivity index (χ1v) is 3.45. The van der Waals surface area contributed by atoms with E-state index in [-0.39, 0.29) is 0 Å². The van der Waals surface area contributed by atoms with Crippen LogP contribution in [0.25, 0.3) is 0 Å². The van der Waals surface area contributed by atoms with Crippen molar-refractivity contribution in [2.24, 2.45) is 0 Å². The van der Waals surface area contributed by atoms with Crippen molar-refractivity contribution >= 4 is 22.6 Å². The molecule has 1 aromatic heterocycles. The molecule has 0 spiro atoms. The van der Waals surface area contributed by atoms with Crippen LogP contribution in [0.5, 0.6) is 0 Å². The van der Waals surface area contributed by atoms with E-state index in [4.69, 9.17) is 8.83 Å². The summed E-state index contributed by atoms with van der Waals surface area (Å²) in [7, 11) is 0. The Morgan fingerprint density at radius 3 is 2.78 bits per heavy atom. The fourth-order valence-corrected chi connectivity index (χ4v) is 0.651. The molecule has 0 saturated carbocycles. The van der Waals surface area contributed by atoms with E-state index >= 15 is 0 Å². The Bertz CT molecular complexity index is 193. The van der Waals surface area contributed by atoms with Crippen molar-refractivity contribution in [3.63, 3.8) is 0 Å². The Morgan fingerprint density at radius 2 is 1.89 bits per heavy atom. The molecular formula is C6H5IO2. The second-order valence-electron chi connectivity index (χ2n) is 1.35. The van der Waals surface area contributed by atoms with Crippen LogP contribution >= 0.6 is 22.6 Å². The maximum atomic E-state index is 4.86. The van der Waals surface area contributed by atoms with Gasteiger partial charge < -0.3 is 8.83 Å². The van der Waals surface area contributed by atoms with Crippen LogP contribution in [0.4, 0.5) is 0 Å². The van der Waals surface area contributed by atoms with Gasteiger partial charge in [0.25, 0.3) is 0 Å². The van der Waals surface area contributed by atoms with E-state index in [1.165, 1.54) is 12.5 Å². The molecule has 0 aromatic carbocycles. The molecule has 0 unspecified atom stereocenters. The summed E-state index contributed by atoms with van der Waals surface area (Å²) in [5.74, 6) is 0. The molecule has 3 heteroatoms. The van der Waals surface area contributed by atoms with Crippen molar-refractivity contribution in [3.05, 3.63) is 34.7 Å². The van der Waals surface area contributed by atoms with E-state index < -0.39 is 0 Å². The van der Waals surface area contributed by atoms with Gasteiger partial charge in [-0.3, -0.25) is 0 Å². The summed E-state index contributed by atoms with van der Waals surface area (Å²) in [6.07, 6.45) is 6.17. The molecule has 0 atom stereocenters. The van der Waals surface area contributed by atoms with Gasteiger partial charge in [0, 0.05) is 0 Å². The molecule has 1 aromatic rings. The third-order valence-corrected chi connectivity index (χ3v) is 1.31. The Labute approximate surface area is 66.3 Å². The lowest BCUT2D eigenvalue weighted by Crippen LogP contribution is -1.59. The second-order valence-corrected chi connectivity index (χ2v) is 2.60. The minimum absolute atomic E-state index is 0.997. The van der Waals surface area contributed by atoms with Crippen molar-refractivity contribution < 1.29 is 8.83 Å². The molecule has 0 aliphatic heterocycles. The Hall–Kier alpha value is -0.450. The molecule has 0 N–H and O–H groups in total. The summed E-state index contributed by atoms with van der Waals surface area (Å²) in [5.41, 5.74) is 0. The first kappa shape index (κ1) is 6.67. The average molecular weight is 236 g/mol. The van der Waals surface area contributed by atoms with Crippen LogP contribution in [0.1, 0.15) is 0 Å². The number of hydrogen-bond acceptors (Lipinski definition) is 2. The SMILES string of the molecule is Ic1ccoccoc1. The minimum atomic E-state index is 0.997. The smallest absolute Gasteiger partial charge is 0.125 e. The van der Waals surface area contributed by atoms with Crippen LogP contribution in [-0.2, 0) is 0 Å². The highest BCUT2D eigenvalue weighted by Gasteiger charge is 1.75.